The summed E-state index contributed by atoms with van der Waals surface area (Å²) in [6, 6.07) is 15.4. The predicted molar refractivity (Wildman–Crippen MR) is 90.5 cm³/mol. The first kappa shape index (κ1) is 16.0. The number of benzene rings is 2. The third-order valence-corrected chi connectivity index (χ3v) is 5.02. The van der Waals surface area contributed by atoms with Crippen molar-refractivity contribution < 1.29 is 18.3 Å². The van der Waals surface area contributed by atoms with Crippen LogP contribution in [0.5, 0.6) is 0 Å². The average Bonchev–Trinajstić information content (AvgIpc) is 3.17. The van der Waals surface area contributed by atoms with Crippen molar-refractivity contribution in [3.8, 4) is 0 Å². The van der Waals surface area contributed by atoms with Gasteiger partial charge in [-0.25, -0.2) is 9.99 Å². The minimum atomic E-state index is -4.62. The molecule has 1 atom stereocenters. The number of aliphatic hydroxyl groups is 1. The quantitative estimate of drug-likeness (QED) is 0.740. The number of fused-ring (bicyclic) bond motifs is 1. The highest BCUT2D eigenvalue weighted by molar-refractivity contribution is 7.22. The number of anilines is 1. The van der Waals surface area contributed by atoms with Crippen LogP contribution in [0.4, 0.5) is 18.3 Å². The van der Waals surface area contributed by atoms with E-state index in [4.69, 9.17) is 0 Å². The number of thiazole rings is 1. The van der Waals surface area contributed by atoms with Crippen LogP contribution in [0.25, 0.3) is 10.2 Å². The molecular formula is C17H12F3N3OS. The number of rotatable bonds is 2. The van der Waals surface area contributed by atoms with Crippen LogP contribution in [-0.4, -0.2) is 22.0 Å². The maximum atomic E-state index is 13.2. The second kappa shape index (κ2) is 5.53. The topological polar surface area (TPSA) is 48.7 Å². The van der Waals surface area contributed by atoms with Gasteiger partial charge in [0.1, 0.15) is 5.71 Å². The van der Waals surface area contributed by atoms with Crippen molar-refractivity contribution in [2.75, 3.05) is 5.01 Å². The molecule has 0 aliphatic carbocycles. The van der Waals surface area contributed by atoms with Crippen LogP contribution in [0.3, 0.4) is 0 Å². The fourth-order valence-electron chi connectivity index (χ4n) is 2.79. The summed E-state index contributed by atoms with van der Waals surface area (Å²) in [6.45, 7) is 0. The van der Waals surface area contributed by atoms with Gasteiger partial charge in [-0.1, -0.05) is 53.8 Å². The number of nitrogens with zero attached hydrogens (tertiary/aromatic N) is 3. The number of para-hydroxylation sites is 1. The molecule has 1 aromatic heterocycles. The first-order chi connectivity index (χ1) is 11.9. The van der Waals surface area contributed by atoms with E-state index in [1.807, 2.05) is 12.1 Å². The summed E-state index contributed by atoms with van der Waals surface area (Å²) in [5, 5.41) is 16.0. The molecule has 25 heavy (non-hydrogen) atoms. The number of alkyl halides is 3. The van der Waals surface area contributed by atoms with Crippen molar-refractivity contribution in [1.29, 1.82) is 0 Å². The van der Waals surface area contributed by atoms with Crippen LogP contribution >= 0.6 is 11.3 Å². The monoisotopic (exact) mass is 363 g/mol. The molecule has 4 rings (SSSR count). The Hall–Kier alpha value is -2.45. The highest BCUT2D eigenvalue weighted by Crippen LogP contribution is 2.44. The van der Waals surface area contributed by atoms with Gasteiger partial charge in [-0.2, -0.15) is 18.3 Å². The van der Waals surface area contributed by atoms with Crippen LogP contribution in [0.2, 0.25) is 0 Å². The fraction of sp³-hybridized carbons (Fsp3) is 0.176. The fourth-order valence-corrected chi connectivity index (χ4v) is 3.77. The van der Waals surface area contributed by atoms with E-state index >= 15 is 0 Å². The molecule has 2 heterocycles. The standard InChI is InChI=1S/C17H12F3N3OS/c18-17(19,20)14-10-16(24,11-6-2-1-3-7-11)23(22-14)15-21-12-8-4-5-9-13(12)25-15/h1-9,24H,10H2/t16-/m1/s1. The van der Waals surface area contributed by atoms with E-state index in [0.29, 0.717) is 11.1 Å². The Bertz CT molecular complexity index is 921. The maximum absolute atomic E-state index is 13.2. The molecule has 0 bridgehead atoms. The van der Waals surface area contributed by atoms with E-state index in [0.717, 1.165) is 9.71 Å². The summed E-state index contributed by atoms with van der Waals surface area (Å²) in [7, 11) is 0. The van der Waals surface area contributed by atoms with Crippen molar-refractivity contribution in [2.24, 2.45) is 5.10 Å². The molecule has 1 aliphatic rings. The highest BCUT2D eigenvalue weighted by Gasteiger charge is 2.52. The van der Waals surface area contributed by atoms with Crippen LogP contribution < -0.4 is 5.01 Å². The third kappa shape index (κ3) is 2.67. The van der Waals surface area contributed by atoms with E-state index in [9.17, 15) is 18.3 Å². The van der Waals surface area contributed by atoms with E-state index in [1.165, 1.54) is 11.3 Å². The largest absolute Gasteiger partial charge is 0.431 e. The molecule has 0 fully saturated rings. The zero-order valence-electron chi connectivity index (χ0n) is 12.7. The van der Waals surface area contributed by atoms with Gasteiger partial charge >= 0.3 is 6.18 Å². The molecular weight excluding hydrogens is 351 g/mol. The maximum Gasteiger partial charge on any atom is 0.431 e. The SMILES string of the molecule is O[C@@]1(c2ccccc2)CC(C(F)(F)F)=NN1c1nc2ccccc2s1. The lowest BCUT2D eigenvalue weighted by molar-refractivity contribution is -0.0626. The lowest BCUT2D eigenvalue weighted by Gasteiger charge is -2.31. The van der Waals surface area contributed by atoms with E-state index in [2.05, 4.69) is 10.1 Å². The first-order valence-corrected chi connectivity index (χ1v) is 8.28. The molecule has 128 valence electrons. The molecule has 0 amide bonds. The molecule has 4 nitrogen and oxygen atoms in total. The zero-order valence-corrected chi connectivity index (χ0v) is 13.6. The van der Waals surface area contributed by atoms with Gasteiger partial charge in [0, 0.05) is 5.56 Å². The van der Waals surface area contributed by atoms with Gasteiger partial charge in [0.05, 0.1) is 16.6 Å². The van der Waals surface area contributed by atoms with Gasteiger partial charge in [0.2, 0.25) is 5.13 Å². The summed E-state index contributed by atoms with van der Waals surface area (Å²) in [6.07, 6.45) is -5.27. The third-order valence-electron chi connectivity index (χ3n) is 4.01. The van der Waals surface area contributed by atoms with Crippen molar-refractivity contribution in [2.45, 2.75) is 18.3 Å². The number of hydrogen-bond acceptors (Lipinski definition) is 5. The van der Waals surface area contributed by atoms with Crippen molar-refractivity contribution in [3.63, 3.8) is 0 Å². The van der Waals surface area contributed by atoms with E-state index < -0.39 is 24.0 Å². The molecule has 0 saturated carbocycles. The Balaban J connectivity index is 1.86. The van der Waals surface area contributed by atoms with Crippen molar-refractivity contribution in [1.82, 2.24) is 4.98 Å². The molecule has 0 spiro atoms. The minimum absolute atomic E-state index is 0.215. The van der Waals surface area contributed by atoms with Crippen LogP contribution in [0.15, 0.2) is 59.7 Å². The molecule has 1 N–H and O–H groups in total. The van der Waals surface area contributed by atoms with E-state index in [1.54, 1.807) is 42.5 Å². The van der Waals surface area contributed by atoms with E-state index in [-0.39, 0.29) is 5.13 Å². The van der Waals surface area contributed by atoms with Crippen molar-refractivity contribution in [3.05, 3.63) is 60.2 Å². The molecule has 0 unspecified atom stereocenters. The van der Waals surface area contributed by atoms with Gasteiger partial charge in [-0.3, -0.25) is 0 Å². The first-order valence-electron chi connectivity index (χ1n) is 7.46. The highest BCUT2D eigenvalue weighted by atomic mass is 32.1. The van der Waals surface area contributed by atoms with Gasteiger partial charge in [-0.05, 0) is 12.1 Å². The molecule has 8 heteroatoms. The number of hydrogen-bond donors (Lipinski definition) is 1. The number of hydrazone groups is 1. The molecule has 1 aliphatic heterocycles. The van der Waals surface area contributed by atoms with Gasteiger partial charge in [-0.15, -0.1) is 0 Å². The molecule has 3 aromatic rings. The Kier molecular flexibility index (Phi) is 3.55. The number of halogens is 3. The Morgan fingerprint density at radius 2 is 1.72 bits per heavy atom. The summed E-state index contributed by atoms with van der Waals surface area (Å²) >= 11 is 1.18. The van der Waals surface area contributed by atoms with Crippen LogP contribution in [-0.2, 0) is 5.72 Å². The summed E-state index contributed by atoms with van der Waals surface area (Å²) in [5.74, 6) is 0. The Morgan fingerprint density at radius 3 is 2.40 bits per heavy atom. The number of aromatic nitrogens is 1. The van der Waals surface area contributed by atoms with Gasteiger partial charge in [0.15, 0.2) is 5.72 Å². The Labute approximate surface area is 144 Å². The molecule has 2 aromatic carbocycles. The minimum Gasteiger partial charge on any atom is -0.365 e. The Morgan fingerprint density at radius 1 is 1.04 bits per heavy atom. The second-order valence-electron chi connectivity index (χ2n) is 5.68. The van der Waals surface area contributed by atoms with Crippen LogP contribution in [0.1, 0.15) is 12.0 Å². The lowest BCUT2D eigenvalue weighted by Crippen LogP contribution is -2.40. The van der Waals surface area contributed by atoms with Crippen molar-refractivity contribution >= 4 is 32.4 Å². The molecule has 0 radical (unpaired) electrons. The summed E-state index contributed by atoms with van der Waals surface area (Å²) in [5.41, 5.74) is -1.98. The predicted octanol–water partition coefficient (Wildman–Crippen LogP) is 4.27. The van der Waals surface area contributed by atoms with Gasteiger partial charge in [0.25, 0.3) is 0 Å². The summed E-state index contributed by atoms with van der Waals surface area (Å²) < 4.78 is 40.5. The molecule has 0 saturated heterocycles. The second-order valence-corrected chi connectivity index (χ2v) is 6.69. The normalized spacial score (nSPS) is 21.0. The lowest BCUT2D eigenvalue weighted by atomic mass is 9.97. The smallest absolute Gasteiger partial charge is 0.365 e. The average molecular weight is 363 g/mol. The van der Waals surface area contributed by atoms with Gasteiger partial charge < -0.3 is 5.11 Å². The summed E-state index contributed by atoms with van der Waals surface area (Å²) in [4.78, 5) is 4.34. The van der Waals surface area contributed by atoms with Crippen LogP contribution in [0, 0.1) is 0 Å². The zero-order chi connectivity index (χ0) is 17.7.